The molecule has 2 heterocycles. The molecule has 2 N–H and O–H groups in total. The van der Waals surface area contributed by atoms with Gasteiger partial charge in [-0.05, 0) is 47.9 Å². The van der Waals surface area contributed by atoms with Gasteiger partial charge in [0.1, 0.15) is 5.75 Å². The fraction of sp³-hybridized carbons (Fsp3) is 0.542. The quantitative estimate of drug-likeness (QED) is 0.714. The minimum atomic E-state index is -0.974. The third-order valence-electron chi connectivity index (χ3n) is 5.67. The molecule has 0 spiro atoms. The summed E-state index contributed by atoms with van der Waals surface area (Å²) in [4.78, 5) is 16.3. The summed E-state index contributed by atoms with van der Waals surface area (Å²) in [6.07, 6.45) is 1.03. The van der Waals surface area contributed by atoms with Crippen molar-refractivity contribution in [3.05, 3.63) is 52.2 Å². The number of likely N-dealkylation sites (tertiary alicyclic amines) is 1. The number of hydrogen-bond donors (Lipinski definition) is 2. The first-order valence-electron chi connectivity index (χ1n) is 10.5. The summed E-state index contributed by atoms with van der Waals surface area (Å²) in [5.74, 6) is 0.822. The zero-order valence-electron chi connectivity index (χ0n) is 18.6. The molecule has 1 saturated heterocycles. The van der Waals surface area contributed by atoms with Crippen molar-refractivity contribution >= 4 is 17.2 Å². The van der Waals surface area contributed by atoms with Gasteiger partial charge in [-0.2, -0.15) is 0 Å². The zero-order valence-corrected chi connectivity index (χ0v) is 19.5. The molecule has 0 saturated carbocycles. The zero-order chi connectivity index (χ0) is 21.9. The summed E-state index contributed by atoms with van der Waals surface area (Å²) in [6.45, 7) is 9.51. The molecule has 0 bridgehead atoms. The van der Waals surface area contributed by atoms with Crippen molar-refractivity contribution in [3.63, 3.8) is 0 Å². The number of carbonyl (C=O) groups is 1. The van der Waals surface area contributed by atoms with Gasteiger partial charge in [-0.25, -0.2) is 0 Å². The van der Waals surface area contributed by atoms with E-state index in [1.807, 2.05) is 25.1 Å². The Bertz CT molecular complexity index is 825. The molecule has 3 unspecified atom stereocenters. The van der Waals surface area contributed by atoms with E-state index in [0.29, 0.717) is 12.8 Å². The Morgan fingerprint density at radius 2 is 2.00 bits per heavy atom. The van der Waals surface area contributed by atoms with Crippen LogP contribution in [0.3, 0.4) is 0 Å². The molecule has 164 valence electrons. The van der Waals surface area contributed by atoms with Crippen molar-refractivity contribution in [2.75, 3.05) is 13.7 Å². The minimum Gasteiger partial charge on any atom is -0.497 e. The third-order valence-corrected chi connectivity index (χ3v) is 6.61. The van der Waals surface area contributed by atoms with Gasteiger partial charge in [-0.3, -0.25) is 9.69 Å². The summed E-state index contributed by atoms with van der Waals surface area (Å²) in [7, 11) is 1.67. The van der Waals surface area contributed by atoms with Crippen LogP contribution in [0, 0.1) is 5.41 Å². The maximum absolute atomic E-state index is 12.8. The molecule has 1 amide bonds. The van der Waals surface area contributed by atoms with Crippen LogP contribution in [-0.4, -0.2) is 41.2 Å². The normalized spacial score (nSPS) is 25.1. The number of methoxy groups -OCH3 is 1. The predicted octanol–water partition coefficient (Wildman–Crippen LogP) is 4.38. The highest BCUT2D eigenvalue weighted by Crippen LogP contribution is 2.40. The number of nitrogens with zero attached hydrogens (tertiary/aromatic N) is 1. The molecule has 30 heavy (non-hydrogen) atoms. The van der Waals surface area contributed by atoms with Crippen molar-refractivity contribution in [1.29, 1.82) is 0 Å². The van der Waals surface area contributed by atoms with E-state index in [0.717, 1.165) is 23.7 Å². The van der Waals surface area contributed by atoms with E-state index in [1.54, 1.807) is 18.4 Å². The van der Waals surface area contributed by atoms with Gasteiger partial charge in [-0.15, -0.1) is 11.3 Å². The standard InChI is InChI=1S/C24H34N2O3S/c1-23(2,3)15-20(27)25-22-21(19-7-6-14-30-19)26(13-12-24(22,4)28)16-17-8-10-18(29-5)11-9-17/h6-11,14,21-22,28H,12-13,15-16H2,1-5H3,(H,25,27). The SMILES string of the molecule is COc1ccc(CN2CCC(C)(O)C(NC(=O)CC(C)(C)C)C2c2cccs2)cc1. The number of hydrogen-bond acceptors (Lipinski definition) is 5. The molecular weight excluding hydrogens is 396 g/mol. The van der Waals surface area contributed by atoms with Crippen molar-refractivity contribution < 1.29 is 14.6 Å². The first-order valence-corrected chi connectivity index (χ1v) is 11.4. The molecule has 3 rings (SSSR count). The van der Waals surface area contributed by atoms with Gasteiger partial charge in [-0.1, -0.05) is 39.0 Å². The fourth-order valence-electron chi connectivity index (χ4n) is 4.10. The summed E-state index contributed by atoms with van der Waals surface area (Å²) >= 11 is 1.67. The maximum Gasteiger partial charge on any atom is 0.220 e. The number of piperidine rings is 1. The first-order chi connectivity index (χ1) is 14.1. The Balaban J connectivity index is 1.88. The summed E-state index contributed by atoms with van der Waals surface area (Å²) in [5.41, 5.74) is 0.100. The minimum absolute atomic E-state index is 0.0133. The van der Waals surface area contributed by atoms with Gasteiger partial charge in [0, 0.05) is 24.4 Å². The van der Waals surface area contributed by atoms with E-state index in [2.05, 4.69) is 54.6 Å². The largest absolute Gasteiger partial charge is 0.497 e. The molecule has 5 nitrogen and oxygen atoms in total. The second kappa shape index (κ2) is 9.08. The monoisotopic (exact) mass is 430 g/mol. The number of aliphatic hydroxyl groups is 1. The topological polar surface area (TPSA) is 61.8 Å². The molecule has 0 radical (unpaired) electrons. The maximum atomic E-state index is 12.8. The lowest BCUT2D eigenvalue weighted by molar-refractivity contribution is -0.130. The van der Waals surface area contributed by atoms with Gasteiger partial charge < -0.3 is 15.2 Å². The van der Waals surface area contributed by atoms with E-state index < -0.39 is 5.60 Å². The fourth-order valence-corrected chi connectivity index (χ4v) is 5.00. The van der Waals surface area contributed by atoms with E-state index in [9.17, 15) is 9.90 Å². The molecule has 0 aliphatic carbocycles. The summed E-state index contributed by atoms with van der Waals surface area (Å²) in [5, 5.41) is 16.5. The average Bonchev–Trinajstić information content (AvgIpc) is 3.18. The molecule has 1 aromatic carbocycles. The molecular formula is C24H34N2O3S. The molecule has 1 aliphatic rings. The van der Waals surface area contributed by atoms with Gasteiger partial charge in [0.05, 0.1) is 24.8 Å². The van der Waals surface area contributed by atoms with E-state index >= 15 is 0 Å². The van der Waals surface area contributed by atoms with Crippen LogP contribution in [0.1, 0.15) is 57.0 Å². The average molecular weight is 431 g/mol. The second-order valence-corrected chi connectivity index (χ2v) is 10.6. The molecule has 1 aromatic heterocycles. The van der Waals surface area contributed by atoms with Gasteiger partial charge >= 0.3 is 0 Å². The molecule has 1 fully saturated rings. The summed E-state index contributed by atoms with van der Waals surface area (Å²) < 4.78 is 5.27. The van der Waals surface area contributed by atoms with Crippen molar-refractivity contribution in [1.82, 2.24) is 10.2 Å². The van der Waals surface area contributed by atoms with Crippen LogP contribution in [0.2, 0.25) is 0 Å². The number of benzene rings is 1. The Kier molecular flexibility index (Phi) is 6.90. The number of nitrogens with one attached hydrogen (secondary N) is 1. The third kappa shape index (κ3) is 5.62. The number of ether oxygens (including phenoxy) is 1. The molecule has 1 aliphatic heterocycles. The highest BCUT2D eigenvalue weighted by Gasteiger charge is 2.46. The number of thiophene rings is 1. The lowest BCUT2D eigenvalue weighted by Crippen LogP contribution is -2.62. The van der Waals surface area contributed by atoms with Crippen molar-refractivity contribution in [2.24, 2.45) is 5.41 Å². The highest BCUT2D eigenvalue weighted by atomic mass is 32.1. The number of rotatable bonds is 6. The van der Waals surface area contributed by atoms with Crippen LogP contribution in [-0.2, 0) is 11.3 Å². The number of carbonyl (C=O) groups excluding carboxylic acids is 1. The van der Waals surface area contributed by atoms with Gasteiger partial charge in [0.15, 0.2) is 0 Å². The van der Waals surface area contributed by atoms with Crippen LogP contribution in [0.15, 0.2) is 41.8 Å². The molecule has 6 heteroatoms. The lowest BCUT2D eigenvalue weighted by Gasteiger charge is -2.49. The molecule has 3 atom stereocenters. The molecule has 2 aromatic rings. The lowest BCUT2D eigenvalue weighted by atomic mass is 9.81. The Labute approximate surface area is 184 Å². The van der Waals surface area contributed by atoms with Crippen LogP contribution in [0.25, 0.3) is 0 Å². The first kappa shape index (κ1) is 22.8. The van der Waals surface area contributed by atoms with Gasteiger partial charge in [0.25, 0.3) is 0 Å². The Morgan fingerprint density at radius 1 is 1.30 bits per heavy atom. The van der Waals surface area contributed by atoms with Crippen LogP contribution < -0.4 is 10.1 Å². The predicted molar refractivity (Wildman–Crippen MR) is 122 cm³/mol. The van der Waals surface area contributed by atoms with E-state index in [-0.39, 0.29) is 23.4 Å². The Morgan fingerprint density at radius 3 is 2.57 bits per heavy atom. The van der Waals surface area contributed by atoms with Crippen LogP contribution in [0.5, 0.6) is 5.75 Å². The van der Waals surface area contributed by atoms with E-state index in [1.165, 1.54) is 5.56 Å². The number of amides is 1. The smallest absolute Gasteiger partial charge is 0.220 e. The second-order valence-electron chi connectivity index (χ2n) is 9.67. The Hall–Kier alpha value is -1.89. The van der Waals surface area contributed by atoms with Gasteiger partial charge in [0.2, 0.25) is 5.91 Å². The highest BCUT2D eigenvalue weighted by molar-refractivity contribution is 7.10. The van der Waals surface area contributed by atoms with Crippen LogP contribution >= 0.6 is 11.3 Å². The van der Waals surface area contributed by atoms with Crippen molar-refractivity contribution in [3.8, 4) is 5.75 Å². The van der Waals surface area contributed by atoms with E-state index in [4.69, 9.17) is 4.74 Å². The van der Waals surface area contributed by atoms with Crippen molar-refractivity contribution in [2.45, 2.75) is 64.8 Å². The van der Waals surface area contributed by atoms with Crippen LogP contribution in [0.4, 0.5) is 0 Å². The summed E-state index contributed by atoms with van der Waals surface area (Å²) in [6, 6.07) is 11.8.